The number of thioether (sulfide) groups is 1. The van der Waals surface area contributed by atoms with Crippen LogP contribution in [0.2, 0.25) is 0 Å². The Morgan fingerprint density at radius 2 is 1.45 bits per heavy atom. The summed E-state index contributed by atoms with van der Waals surface area (Å²) in [5.74, 6) is 3.67. The summed E-state index contributed by atoms with van der Waals surface area (Å²) in [5.41, 5.74) is 0.552. The zero-order valence-corrected chi connectivity index (χ0v) is 15.8. The molecule has 0 heterocycles. The number of rotatable bonds is 14. The van der Waals surface area contributed by atoms with Gasteiger partial charge < -0.3 is 0 Å². The minimum atomic E-state index is 0.552. The monoisotopic (exact) mass is 300 g/mol. The minimum absolute atomic E-state index is 0.552. The van der Waals surface area contributed by atoms with Gasteiger partial charge in [-0.2, -0.15) is 11.8 Å². The van der Waals surface area contributed by atoms with Gasteiger partial charge in [0.15, 0.2) is 0 Å². The van der Waals surface area contributed by atoms with Crippen molar-refractivity contribution in [1.29, 1.82) is 0 Å². The van der Waals surface area contributed by atoms with E-state index in [1.54, 1.807) is 0 Å². The third-order valence-corrected chi connectivity index (χ3v) is 5.87. The third-order valence-electron chi connectivity index (χ3n) is 4.60. The highest BCUT2D eigenvalue weighted by Gasteiger charge is 2.27. The molecule has 122 valence electrons. The van der Waals surface area contributed by atoms with Crippen LogP contribution in [0.5, 0.6) is 0 Å². The first-order valence-electron chi connectivity index (χ1n) is 9.16. The van der Waals surface area contributed by atoms with Gasteiger partial charge in [0, 0.05) is 0 Å². The van der Waals surface area contributed by atoms with Gasteiger partial charge in [-0.1, -0.05) is 66.7 Å². The molecule has 0 nitrogen and oxygen atoms in total. The van der Waals surface area contributed by atoms with Crippen molar-refractivity contribution < 1.29 is 0 Å². The van der Waals surface area contributed by atoms with Crippen LogP contribution in [0, 0.1) is 11.3 Å². The fraction of sp³-hybridized carbons (Fsp3) is 1.00. The number of hydrogen-bond acceptors (Lipinski definition) is 1. The van der Waals surface area contributed by atoms with E-state index in [0.717, 1.165) is 5.92 Å². The van der Waals surface area contributed by atoms with Crippen molar-refractivity contribution in [3.8, 4) is 0 Å². The molecule has 0 N–H and O–H groups in total. The van der Waals surface area contributed by atoms with Crippen LogP contribution in [-0.2, 0) is 0 Å². The maximum Gasteiger partial charge on any atom is -0.00674 e. The van der Waals surface area contributed by atoms with Crippen LogP contribution >= 0.6 is 11.8 Å². The fourth-order valence-corrected chi connectivity index (χ4v) is 4.13. The summed E-state index contributed by atoms with van der Waals surface area (Å²) >= 11 is 2.15. The van der Waals surface area contributed by atoms with E-state index in [0.29, 0.717) is 5.41 Å². The van der Waals surface area contributed by atoms with Crippen molar-refractivity contribution in [2.24, 2.45) is 11.3 Å². The second kappa shape index (κ2) is 13.0. The Labute approximate surface area is 133 Å². The lowest BCUT2D eigenvalue weighted by Crippen LogP contribution is -2.24. The van der Waals surface area contributed by atoms with E-state index in [1.807, 2.05) is 0 Å². The van der Waals surface area contributed by atoms with Crippen LogP contribution in [0.25, 0.3) is 0 Å². The van der Waals surface area contributed by atoms with Gasteiger partial charge >= 0.3 is 0 Å². The summed E-state index contributed by atoms with van der Waals surface area (Å²) in [4.78, 5) is 0. The van der Waals surface area contributed by atoms with Crippen LogP contribution in [-0.4, -0.2) is 11.5 Å². The SMILES string of the molecule is CCCCCCC(CCCSCCC)C(C)(C)CCC. The molecule has 0 rings (SSSR count). The molecule has 0 aliphatic heterocycles. The molecule has 0 saturated carbocycles. The first-order chi connectivity index (χ1) is 9.58. The van der Waals surface area contributed by atoms with Gasteiger partial charge in [-0.15, -0.1) is 0 Å². The van der Waals surface area contributed by atoms with E-state index in [2.05, 4.69) is 46.4 Å². The fourth-order valence-electron chi connectivity index (χ4n) is 3.27. The number of unbranched alkanes of at least 4 members (excludes halogenated alkanes) is 3. The zero-order chi connectivity index (χ0) is 15.3. The second-order valence-corrected chi connectivity index (χ2v) is 8.26. The summed E-state index contributed by atoms with van der Waals surface area (Å²) in [6.45, 7) is 12.0. The standard InChI is InChI=1S/C19H40S/c1-6-9-10-11-13-18(19(4,5)15-7-2)14-12-17-20-16-8-3/h18H,6-17H2,1-5H3. The van der Waals surface area contributed by atoms with Crippen molar-refractivity contribution in [3.05, 3.63) is 0 Å². The quantitative estimate of drug-likeness (QED) is 0.303. The summed E-state index contributed by atoms with van der Waals surface area (Å²) in [6, 6.07) is 0. The Bertz CT molecular complexity index is 198. The van der Waals surface area contributed by atoms with Crippen molar-refractivity contribution >= 4 is 11.8 Å². The Hall–Kier alpha value is 0.350. The molecule has 0 saturated heterocycles. The molecule has 0 bridgehead atoms. The number of hydrogen-bond donors (Lipinski definition) is 0. The summed E-state index contributed by atoms with van der Waals surface area (Å²) in [7, 11) is 0. The molecular formula is C19H40S. The van der Waals surface area contributed by atoms with Crippen molar-refractivity contribution in [1.82, 2.24) is 0 Å². The molecule has 0 spiro atoms. The third kappa shape index (κ3) is 10.1. The molecule has 0 amide bonds. The Balaban J connectivity index is 4.10. The maximum absolute atomic E-state index is 2.51. The average molecular weight is 301 g/mol. The zero-order valence-electron chi connectivity index (χ0n) is 15.0. The smallest absolute Gasteiger partial charge is 0.00674 e. The molecule has 0 aliphatic carbocycles. The predicted molar refractivity (Wildman–Crippen MR) is 97.8 cm³/mol. The highest BCUT2D eigenvalue weighted by atomic mass is 32.2. The molecule has 20 heavy (non-hydrogen) atoms. The largest absolute Gasteiger partial charge is 0.162 e. The lowest BCUT2D eigenvalue weighted by atomic mass is 9.71. The summed E-state index contributed by atoms with van der Waals surface area (Å²) < 4.78 is 0. The Morgan fingerprint density at radius 1 is 0.750 bits per heavy atom. The van der Waals surface area contributed by atoms with Crippen molar-refractivity contribution in [3.63, 3.8) is 0 Å². The molecule has 0 fully saturated rings. The van der Waals surface area contributed by atoms with Crippen LogP contribution in [0.4, 0.5) is 0 Å². The van der Waals surface area contributed by atoms with Gasteiger partial charge in [-0.25, -0.2) is 0 Å². The highest BCUT2D eigenvalue weighted by molar-refractivity contribution is 7.99. The molecule has 0 aromatic rings. The van der Waals surface area contributed by atoms with Crippen LogP contribution in [0.1, 0.15) is 98.8 Å². The first-order valence-corrected chi connectivity index (χ1v) is 10.3. The van der Waals surface area contributed by atoms with E-state index in [1.165, 1.54) is 75.7 Å². The Kier molecular flexibility index (Phi) is 13.3. The van der Waals surface area contributed by atoms with E-state index in [-0.39, 0.29) is 0 Å². The second-order valence-electron chi connectivity index (χ2n) is 7.04. The van der Waals surface area contributed by atoms with Crippen LogP contribution in [0.3, 0.4) is 0 Å². The van der Waals surface area contributed by atoms with E-state index in [4.69, 9.17) is 0 Å². The minimum Gasteiger partial charge on any atom is -0.162 e. The molecular weight excluding hydrogens is 260 g/mol. The first kappa shape index (κ1) is 20.3. The van der Waals surface area contributed by atoms with Crippen molar-refractivity contribution in [2.75, 3.05) is 11.5 Å². The molecule has 0 aliphatic rings. The molecule has 1 atom stereocenters. The molecule has 1 unspecified atom stereocenters. The lowest BCUT2D eigenvalue weighted by molar-refractivity contribution is 0.165. The van der Waals surface area contributed by atoms with Gasteiger partial charge in [-0.05, 0) is 54.9 Å². The van der Waals surface area contributed by atoms with Crippen LogP contribution in [0.15, 0.2) is 0 Å². The predicted octanol–water partition coefficient (Wildman–Crippen LogP) is 7.32. The highest BCUT2D eigenvalue weighted by Crippen LogP contribution is 2.38. The van der Waals surface area contributed by atoms with Crippen molar-refractivity contribution in [2.45, 2.75) is 98.8 Å². The van der Waals surface area contributed by atoms with Gasteiger partial charge in [0.2, 0.25) is 0 Å². The van der Waals surface area contributed by atoms with Crippen LogP contribution < -0.4 is 0 Å². The van der Waals surface area contributed by atoms with E-state index >= 15 is 0 Å². The van der Waals surface area contributed by atoms with Gasteiger partial charge in [-0.3, -0.25) is 0 Å². The maximum atomic E-state index is 2.51. The summed E-state index contributed by atoms with van der Waals surface area (Å²) in [5, 5.41) is 0. The van der Waals surface area contributed by atoms with Gasteiger partial charge in [0.1, 0.15) is 0 Å². The van der Waals surface area contributed by atoms with E-state index in [9.17, 15) is 0 Å². The van der Waals surface area contributed by atoms with Gasteiger partial charge in [0.05, 0.1) is 0 Å². The molecule has 1 heteroatoms. The molecule has 0 aromatic carbocycles. The Morgan fingerprint density at radius 3 is 2.05 bits per heavy atom. The van der Waals surface area contributed by atoms with E-state index < -0.39 is 0 Å². The molecule has 0 radical (unpaired) electrons. The lowest BCUT2D eigenvalue weighted by Gasteiger charge is -2.35. The normalized spacial score (nSPS) is 13.7. The summed E-state index contributed by atoms with van der Waals surface area (Å²) in [6.07, 6.45) is 14.1. The molecule has 0 aromatic heterocycles. The van der Waals surface area contributed by atoms with Gasteiger partial charge in [0.25, 0.3) is 0 Å². The average Bonchev–Trinajstić information content (AvgIpc) is 2.40. The topological polar surface area (TPSA) is 0 Å².